The summed E-state index contributed by atoms with van der Waals surface area (Å²) in [6.45, 7) is 5.21. The maximum atomic E-state index is 9.23. The molecule has 14 heavy (non-hydrogen) atoms. The Balaban J connectivity index is 0.000000791. The van der Waals surface area contributed by atoms with Crippen molar-refractivity contribution >= 4 is 0 Å². The maximum absolute atomic E-state index is 9.23. The van der Waals surface area contributed by atoms with Gasteiger partial charge in [-0.25, -0.2) is 0 Å². The predicted molar refractivity (Wildman–Crippen MR) is 50.8 cm³/mol. The Morgan fingerprint density at radius 3 is 1.93 bits per heavy atom. The second kappa shape index (κ2) is 6.31. The van der Waals surface area contributed by atoms with Crippen molar-refractivity contribution in [3.8, 4) is 0 Å². The Hall–Kier alpha value is -0.200. The molecule has 5 atom stereocenters. The van der Waals surface area contributed by atoms with Crippen LogP contribution in [0, 0.1) is 0 Å². The second-order valence-corrected chi connectivity index (χ2v) is 3.03. The van der Waals surface area contributed by atoms with Gasteiger partial charge in [0.1, 0.15) is 24.4 Å². The molecular formula is C9H20O5. The molecular weight excluding hydrogens is 188 g/mol. The molecule has 1 aliphatic rings. The SMILES string of the molecule is CC.CC1OC(CO)C(O)C(O)C1O. The van der Waals surface area contributed by atoms with Crippen LogP contribution in [-0.4, -0.2) is 57.6 Å². The van der Waals surface area contributed by atoms with E-state index in [1.807, 2.05) is 13.8 Å². The monoisotopic (exact) mass is 208 g/mol. The van der Waals surface area contributed by atoms with E-state index in [0.29, 0.717) is 0 Å². The summed E-state index contributed by atoms with van der Waals surface area (Å²) in [6, 6.07) is 0. The van der Waals surface area contributed by atoms with Gasteiger partial charge in [0.05, 0.1) is 12.7 Å². The van der Waals surface area contributed by atoms with Gasteiger partial charge in [-0.1, -0.05) is 13.8 Å². The third-order valence-electron chi connectivity index (χ3n) is 2.13. The zero-order chi connectivity index (χ0) is 11.3. The fourth-order valence-electron chi connectivity index (χ4n) is 1.29. The molecule has 0 amide bonds. The van der Waals surface area contributed by atoms with Crippen molar-refractivity contribution < 1.29 is 25.2 Å². The van der Waals surface area contributed by atoms with Crippen molar-refractivity contribution in [2.75, 3.05) is 6.61 Å². The van der Waals surface area contributed by atoms with Gasteiger partial charge in [0, 0.05) is 0 Å². The number of hydrogen-bond donors (Lipinski definition) is 4. The van der Waals surface area contributed by atoms with Crippen LogP contribution in [-0.2, 0) is 4.74 Å². The molecule has 1 saturated heterocycles. The summed E-state index contributed by atoms with van der Waals surface area (Å²) in [5.74, 6) is 0. The van der Waals surface area contributed by atoms with E-state index in [2.05, 4.69) is 0 Å². The summed E-state index contributed by atoms with van der Waals surface area (Å²) in [5.41, 5.74) is 0. The lowest BCUT2D eigenvalue weighted by molar-refractivity contribution is -0.224. The molecule has 5 nitrogen and oxygen atoms in total. The first kappa shape index (κ1) is 13.8. The quantitative estimate of drug-likeness (QED) is 0.438. The highest BCUT2D eigenvalue weighted by Gasteiger charge is 2.41. The molecule has 4 N–H and O–H groups in total. The molecule has 5 heteroatoms. The predicted octanol–water partition coefficient (Wildman–Crippen LogP) is -1.13. The minimum atomic E-state index is -1.24. The molecule has 0 aromatic rings. The van der Waals surface area contributed by atoms with Crippen LogP contribution in [0.4, 0.5) is 0 Å². The topological polar surface area (TPSA) is 90.2 Å². The average Bonchev–Trinajstić information content (AvgIpc) is 2.23. The molecule has 0 saturated carbocycles. The van der Waals surface area contributed by atoms with Crippen LogP contribution < -0.4 is 0 Å². The molecule has 5 unspecified atom stereocenters. The molecule has 1 fully saturated rings. The van der Waals surface area contributed by atoms with E-state index >= 15 is 0 Å². The molecule has 0 spiro atoms. The lowest BCUT2D eigenvalue weighted by atomic mass is 9.96. The van der Waals surface area contributed by atoms with Crippen LogP contribution in [0.15, 0.2) is 0 Å². The lowest BCUT2D eigenvalue weighted by Crippen LogP contribution is -2.57. The maximum Gasteiger partial charge on any atom is 0.111 e. The normalized spacial score (nSPS) is 42.6. The first-order valence-electron chi connectivity index (χ1n) is 4.88. The molecule has 0 radical (unpaired) electrons. The zero-order valence-corrected chi connectivity index (χ0v) is 8.79. The second-order valence-electron chi connectivity index (χ2n) is 3.03. The first-order valence-corrected chi connectivity index (χ1v) is 4.88. The van der Waals surface area contributed by atoms with E-state index in [1.165, 1.54) is 0 Å². The van der Waals surface area contributed by atoms with Crippen LogP contribution in [0.5, 0.6) is 0 Å². The summed E-state index contributed by atoms with van der Waals surface area (Å²) in [4.78, 5) is 0. The third-order valence-corrected chi connectivity index (χ3v) is 2.13. The number of hydrogen-bond acceptors (Lipinski definition) is 5. The van der Waals surface area contributed by atoms with Crippen molar-refractivity contribution in [2.24, 2.45) is 0 Å². The third kappa shape index (κ3) is 2.90. The molecule has 0 aliphatic carbocycles. The van der Waals surface area contributed by atoms with Gasteiger partial charge in [0.2, 0.25) is 0 Å². The van der Waals surface area contributed by atoms with Gasteiger partial charge in [0.25, 0.3) is 0 Å². The van der Waals surface area contributed by atoms with E-state index in [1.54, 1.807) is 6.92 Å². The number of aliphatic hydroxyl groups is 4. The van der Waals surface area contributed by atoms with Gasteiger partial charge in [-0.2, -0.15) is 0 Å². The van der Waals surface area contributed by atoms with Gasteiger partial charge in [0.15, 0.2) is 0 Å². The Labute approximate surface area is 83.9 Å². The van der Waals surface area contributed by atoms with Crippen molar-refractivity contribution in [3.63, 3.8) is 0 Å². The van der Waals surface area contributed by atoms with Gasteiger partial charge < -0.3 is 25.2 Å². The molecule has 1 aliphatic heterocycles. The average molecular weight is 208 g/mol. The van der Waals surface area contributed by atoms with Gasteiger partial charge in [-0.3, -0.25) is 0 Å². The summed E-state index contributed by atoms with van der Waals surface area (Å²) in [6.07, 6.45) is -4.94. The number of rotatable bonds is 1. The minimum Gasteiger partial charge on any atom is -0.394 e. The van der Waals surface area contributed by atoms with E-state index in [4.69, 9.17) is 9.84 Å². The Morgan fingerprint density at radius 2 is 1.50 bits per heavy atom. The molecule has 0 bridgehead atoms. The van der Waals surface area contributed by atoms with Gasteiger partial charge >= 0.3 is 0 Å². The van der Waals surface area contributed by atoms with Crippen molar-refractivity contribution in [2.45, 2.75) is 51.3 Å². The van der Waals surface area contributed by atoms with Crippen molar-refractivity contribution in [1.29, 1.82) is 0 Å². The van der Waals surface area contributed by atoms with Crippen molar-refractivity contribution in [1.82, 2.24) is 0 Å². The Kier molecular flexibility index (Phi) is 6.22. The standard InChI is InChI=1S/C7H14O5.C2H6/c1-3-5(9)7(11)6(10)4(2-8)12-3;1-2/h3-11H,2H2,1H3;1-2H3. The number of ether oxygens (including phenoxy) is 1. The van der Waals surface area contributed by atoms with E-state index in [-0.39, 0.29) is 6.61 Å². The smallest absolute Gasteiger partial charge is 0.111 e. The summed E-state index contributed by atoms with van der Waals surface area (Å²) in [5, 5.41) is 36.4. The van der Waals surface area contributed by atoms with Crippen LogP contribution >= 0.6 is 0 Å². The molecule has 1 heterocycles. The highest BCUT2D eigenvalue weighted by atomic mass is 16.5. The van der Waals surface area contributed by atoms with Crippen LogP contribution in [0.3, 0.4) is 0 Å². The highest BCUT2D eigenvalue weighted by Crippen LogP contribution is 2.20. The number of aliphatic hydroxyl groups excluding tert-OH is 4. The van der Waals surface area contributed by atoms with Crippen LogP contribution in [0.25, 0.3) is 0 Å². The Morgan fingerprint density at radius 1 is 1.00 bits per heavy atom. The zero-order valence-electron chi connectivity index (χ0n) is 8.79. The fourth-order valence-corrected chi connectivity index (χ4v) is 1.29. The molecule has 86 valence electrons. The molecule has 1 rings (SSSR count). The minimum absolute atomic E-state index is 0.366. The van der Waals surface area contributed by atoms with Crippen LogP contribution in [0.2, 0.25) is 0 Å². The highest BCUT2D eigenvalue weighted by molar-refractivity contribution is 4.89. The largest absolute Gasteiger partial charge is 0.394 e. The molecule has 0 aromatic carbocycles. The summed E-state index contributed by atoms with van der Waals surface area (Å²) < 4.78 is 5.02. The van der Waals surface area contributed by atoms with E-state index in [0.717, 1.165) is 0 Å². The first-order chi connectivity index (χ1) is 6.57. The Bertz CT molecular complexity index is 147. The van der Waals surface area contributed by atoms with E-state index < -0.39 is 30.5 Å². The lowest BCUT2D eigenvalue weighted by Gasteiger charge is -2.38. The summed E-state index contributed by atoms with van der Waals surface area (Å²) >= 11 is 0. The molecule has 0 aromatic heterocycles. The summed E-state index contributed by atoms with van der Waals surface area (Å²) in [7, 11) is 0. The van der Waals surface area contributed by atoms with E-state index in [9.17, 15) is 15.3 Å². The van der Waals surface area contributed by atoms with Crippen molar-refractivity contribution in [3.05, 3.63) is 0 Å². The van der Waals surface area contributed by atoms with Gasteiger partial charge in [-0.05, 0) is 6.92 Å². The van der Waals surface area contributed by atoms with Crippen LogP contribution in [0.1, 0.15) is 20.8 Å². The fraction of sp³-hybridized carbons (Fsp3) is 1.00. The van der Waals surface area contributed by atoms with Gasteiger partial charge in [-0.15, -0.1) is 0 Å².